The number of nitrogens with zero attached hydrogens (tertiary/aromatic N) is 2. The van der Waals surface area contributed by atoms with Crippen molar-refractivity contribution in [2.24, 2.45) is 0 Å². The molecule has 0 saturated carbocycles. The third-order valence-corrected chi connectivity index (χ3v) is 2.49. The van der Waals surface area contributed by atoms with Gasteiger partial charge in [-0.15, -0.1) is 0 Å². The molecule has 1 heterocycles. The third kappa shape index (κ3) is 3.88. The average molecular weight is 207 g/mol. The van der Waals surface area contributed by atoms with Crippen LogP contribution in [0.1, 0.15) is 26.5 Å². The smallest absolute Gasteiger partial charge is 0.0564 e. The van der Waals surface area contributed by atoms with Crippen molar-refractivity contribution in [3.8, 4) is 0 Å². The molecule has 15 heavy (non-hydrogen) atoms. The standard InChI is InChI=1S/C12H21N3/c1-5-13-11-6-7-14-12(8-11)9-15(4)10(2)3/h6-8,10H,5,9H2,1-4H3,(H,13,14). The predicted molar refractivity (Wildman–Crippen MR) is 65.0 cm³/mol. The summed E-state index contributed by atoms with van der Waals surface area (Å²) in [6, 6.07) is 4.67. The molecular formula is C12H21N3. The maximum Gasteiger partial charge on any atom is 0.0564 e. The average Bonchev–Trinajstić information content (AvgIpc) is 2.18. The second kappa shape index (κ2) is 5.71. The minimum atomic E-state index is 0.551. The van der Waals surface area contributed by atoms with E-state index in [2.05, 4.69) is 49.1 Å². The Morgan fingerprint density at radius 3 is 2.80 bits per heavy atom. The van der Waals surface area contributed by atoms with Crippen LogP contribution in [0.25, 0.3) is 0 Å². The Morgan fingerprint density at radius 1 is 1.47 bits per heavy atom. The largest absolute Gasteiger partial charge is 0.385 e. The summed E-state index contributed by atoms with van der Waals surface area (Å²) in [5.41, 5.74) is 2.27. The summed E-state index contributed by atoms with van der Waals surface area (Å²) < 4.78 is 0. The van der Waals surface area contributed by atoms with Gasteiger partial charge in [0, 0.05) is 31.0 Å². The Morgan fingerprint density at radius 2 is 2.20 bits per heavy atom. The quantitative estimate of drug-likeness (QED) is 0.803. The molecule has 0 radical (unpaired) electrons. The second-order valence-corrected chi connectivity index (χ2v) is 4.08. The molecule has 0 atom stereocenters. The topological polar surface area (TPSA) is 28.2 Å². The molecule has 1 N–H and O–H groups in total. The summed E-state index contributed by atoms with van der Waals surface area (Å²) in [5, 5.41) is 3.29. The van der Waals surface area contributed by atoms with Crippen LogP contribution in [0.2, 0.25) is 0 Å². The van der Waals surface area contributed by atoms with Gasteiger partial charge in [0.2, 0.25) is 0 Å². The molecule has 0 aliphatic heterocycles. The molecule has 0 unspecified atom stereocenters. The number of rotatable bonds is 5. The predicted octanol–water partition coefficient (Wildman–Crippen LogP) is 2.35. The van der Waals surface area contributed by atoms with Gasteiger partial charge in [0.15, 0.2) is 0 Å². The summed E-state index contributed by atoms with van der Waals surface area (Å²) >= 11 is 0. The molecular weight excluding hydrogens is 186 g/mol. The van der Waals surface area contributed by atoms with E-state index in [0.717, 1.165) is 24.5 Å². The fourth-order valence-electron chi connectivity index (χ4n) is 1.32. The van der Waals surface area contributed by atoms with Crippen molar-refractivity contribution in [1.82, 2.24) is 9.88 Å². The molecule has 0 aromatic carbocycles. The van der Waals surface area contributed by atoms with Gasteiger partial charge in [0.1, 0.15) is 0 Å². The molecule has 0 fully saturated rings. The highest BCUT2D eigenvalue weighted by Crippen LogP contribution is 2.10. The van der Waals surface area contributed by atoms with Crippen molar-refractivity contribution in [3.63, 3.8) is 0 Å². The zero-order valence-corrected chi connectivity index (χ0v) is 10.1. The monoisotopic (exact) mass is 207 g/mol. The molecule has 84 valence electrons. The maximum atomic E-state index is 4.36. The van der Waals surface area contributed by atoms with Gasteiger partial charge in [-0.1, -0.05) is 0 Å². The SMILES string of the molecule is CCNc1ccnc(CN(C)C(C)C)c1. The summed E-state index contributed by atoms with van der Waals surface area (Å²) in [4.78, 5) is 6.64. The highest BCUT2D eigenvalue weighted by atomic mass is 15.1. The summed E-state index contributed by atoms with van der Waals surface area (Å²) in [7, 11) is 2.12. The van der Waals surface area contributed by atoms with Gasteiger partial charge >= 0.3 is 0 Å². The molecule has 3 heteroatoms. The van der Waals surface area contributed by atoms with Gasteiger partial charge in [0.05, 0.1) is 5.69 Å². The van der Waals surface area contributed by atoms with E-state index >= 15 is 0 Å². The molecule has 0 spiro atoms. The number of aromatic nitrogens is 1. The van der Waals surface area contributed by atoms with Crippen molar-refractivity contribution in [2.45, 2.75) is 33.4 Å². The van der Waals surface area contributed by atoms with E-state index in [1.165, 1.54) is 0 Å². The van der Waals surface area contributed by atoms with Crippen LogP contribution < -0.4 is 5.32 Å². The Hall–Kier alpha value is -1.09. The van der Waals surface area contributed by atoms with E-state index in [4.69, 9.17) is 0 Å². The van der Waals surface area contributed by atoms with Gasteiger partial charge in [-0.05, 0) is 40.0 Å². The molecule has 1 aromatic rings. The molecule has 0 aliphatic rings. The van der Waals surface area contributed by atoms with Crippen LogP contribution in [0, 0.1) is 0 Å². The van der Waals surface area contributed by atoms with Gasteiger partial charge in [-0.25, -0.2) is 0 Å². The van der Waals surface area contributed by atoms with E-state index in [9.17, 15) is 0 Å². The molecule has 0 aliphatic carbocycles. The van der Waals surface area contributed by atoms with Crippen molar-refractivity contribution >= 4 is 5.69 Å². The Bertz CT molecular complexity index is 297. The highest BCUT2D eigenvalue weighted by molar-refractivity contribution is 5.42. The van der Waals surface area contributed by atoms with Crippen LogP contribution in [0.4, 0.5) is 5.69 Å². The van der Waals surface area contributed by atoms with E-state index in [0.29, 0.717) is 6.04 Å². The number of nitrogens with one attached hydrogen (secondary N) is 1. The van der Waals surface area contributed by atoms with Crippen molar-refractivity contribution in [3.05, 3.63) is 24.0 Å². The van der Waals surface area contributed by atoms with Crippen LogP contribution in [-0.2, 0) is 6.54 Å². The minimum absolute atomic E-state index is 0.551. The highest BCUT2D eigenvalue weighted by Gasteiger charge is 2.05. The lowest BCUT2D eigenvalue weighted by Gasteiger charge is -2.20. The maximum absolute atomic E-state index is 4.36. The summed E-state index contributed by atoms with van der Waals surface area (Å²) in [5.74, 6) is 0. The summed E-state index contributed by atoms with van der Waals surface area (Å²) in [6.45, 7) is 8.32. The van der Waals surface area contributed by atoms with Gasteiger partial charge < -0.3 is 5.32 Å². The third-order valence-electron chi connectivity index (χ3n) is 2.49. The van der Waals surface area contributed by atoms with Crippen LogP contribution in [0.5, 0.6) is 0 Å². The van der Waals surface area contributed by atoms with Gasteiger partial charge in [0.25, 0.3) is 0 Å². The van der Waals surface area contributed by atoms with E-state index in [-0.39, 0.29) is 0 Å². The van der Waals surface area contributed by atoms with Crippen molar-refractivity contribution < 1.29 is 0 Å². The molecule has 0 amide bonds. The lowest BCUT2D eigenvalue weighted by molar-refractivity contribution is 0.263. The first-order valence-electron chi connectivity index (χ1n) is 5.52. The lowest BCUT2D eigenvalue weighted by atomic mass is 10.2. The Labute approximate surface area is 92.5 Å². The molecule has 1 aromatic heterocycles. The number of hydrogen-bond donors (Lipinski definition) is 1. The molecule has 0 saturated heterocycles. The van der Waals surface area contributed by atoms with Crippen LogP contribution in [0.3, 0.4) is 0 Å². The Balaban J connectivity index is 2.64. The lowest BCUT2D eigenvalue weighted by Crippen LogP contribution is -2.26. The van der Waals surface area contributed by atoms with Crippen molar-refractivity contribution in [1.29, 1.82) is 0 Å². The van der Waals surface area contributed by atoms with Crippen LogP contribution in [0.15, 0.2) is 18.3 Å². The zero-order chi connectivity index (χ0) is 11.3. The number of anilines is 1. The number of hydrogen-bond acceptors (Lipinski definition) is 3. The first kappa shape index (κ1) is 12.0. The number of pyridine rings is 1. The van der Waals surface area contributed by atoms with Crippen molar-refractivity contribution in [2.75, 3.05) is 18.9 Å². The molecule has 1 rings (SSSR count). The normalized spacial score (nSPS) is 11.1. The van der Waals surface area contributed by atoms with Gasteiger partial charge in [-0.3, -0.25) is 9.88 Å². The van der Waals surface area contributed by atoms with Crippen LogP contribution >= 0.6 is 0 Å². The minimum Gasteiger partial charge on any atom is -0.385 e. The van der Waals surface area contributed by atoms with Crippen LogP contribution in [-0.4, -0.2) is 29.5 Å². The van der Waals surface area contributed by atoms with E-state index in [1.807, 2.05) is 12.3 Å². The Kier molecular flexibility index (Phi) is 4.56. The first-order chi connectivity index (χ1) is 7.13. The fourth-order valence-corrected chi connectivity index (χ4v) is 1.32. The molecule has 3 nitrogen and oxygen atoms in total. The summed E-state index contributed by atoms with van der Waals surface area (Å²) in [6.07, 6.45) is 1.86. The fraction of sp³-hybridized carbons (Fsp3) is 0.583. The van der Waals surface area contributed by atoms with E-state index in [1.54, 1.807) is 0 Å². The van der Waals surface area contributed by atoms with Gasteiger partial charge in [-0.2, -0.15) is 0 Å². The second-order valence-electron chi connectivity index (χ2n) is 4.08. The van der Waals surface area contributed by atoms with E-state index < -0.39 is 0 Å². The zero-order valence-electron chi connectivity index (χ0n) is 10.1. The molecule has 0 bridgehead atoms. The first-order valence-corrected chi connectivity index (χ1v) is 5.52.